The van der Waals surface area contributed by atoms with E-state index >= 15 is 0 Å². The molecule has 1 atom stereocenters. The summed E-state index contributed by atoms with van der Waals surface area (Å²) in [6, 6.07) is 0. The second-order valence-electron chi connectivity index (χ2n) is 11.3. The van der Waals surface area contributed by atoms with Gasteiger partial charge in [0.1, 0.15) is 6.61 Å². The fraction of sp³-hybridized carbons (Fsp3) is 0.939. The van der Waals surface area contributed by atoms with Gasteiger partial charge in [0, 0.05) is 12.8 Å². The van der Waals surface area contributed by atoms with E-state index in [9.17, 15) is 14.7 Å². The van der Waals surface area contributed by atoms with Gasteiger partial charge in [-0.25, -0.2) is 0 Å². The molecular weight excluding hydrogens is 476 g/mol. The van der Waals surface area contributed by atoms with Gasteiger partial charge in [-0.2, -0.15) is 0 Å². The first-order chi connectivity index (χ1) is 18.6. The highest BCUT2D eigenvalue weighted by molar-refractivity contribution is 5.70. The molecule has 1 unspecified atom stereocenters. The van der Waals surface area contributed by atoms with E-state index in [1.807, 2.05) is 6.92 Å². The highest BCUT2D eigenvalue weighted by Gasteiger charge is 2.15. The minimum atomic E-state index is -0.757. The molecule has 0 spiro atoms. The van der Waals surface area contributed by atoms with E-state index in [1.165, 1.54) is 128 Å². The van der Waals surface area contributed by atoms with Gasteiger partial charge in [0.15, 0.2) is 6.10 Å². The Balaban J connectivity index is 3.29. The zero-order valence-corrected chi connectivity index (χ0v) is 25.5. The van der Waals surface area contributed by atoms with Gasteiger partial charge in [-0.1, -0.05) is 155 Å². The second kappa shape index (κ2) is 30.4. The average molecular weight is 541 g/mol. The minimum Gasteiger partial charge on any atom is -0.462 e. The van der Waals surface area contributed by atoms with Crippen molar-refractivity contribution >= 4 is 11.9 Å². The predicted molar refractivity (Wildman–Crippen MR) is 159 cm³/mol. The highest BCUT2D eigenvalue weighted by atomic mass is 16.6. The zero-order valence-electron chi connectivity index (χ0n) is 25.5. The van der Waals surface area contributed by atoms with Crippen LogP contribution >= 0.6 is 0 Å². The largest absolute Gasteiger partial charge is 0.462 e. The van der Waals surface area contributed by atoms with Gasteiger partial charge in [0.25, 0.3) is 0 Å². The smallest absolute Gasteiger partial charge is 0.306 e. The molecule has 0 rings (SSSR count). The Morgan fingerprint density at radius 3 is 1.21 bits per heavy atom. The predicted octanol–water partition coefficient (Wildman–Crippen LogP) is 9.62. The highest BCUT2D eigenvalue weighted by Crippen LogP contribution is 2.15. The topological polar surface area (TPSA) is 72.8 Å². The van der Waals surface area contributed by atoms with Crippen molar-refractivity contribution in [1.29, 1.82) is 0 Å². The maximum absolute atomic E-state index is 11.9. The summed E-state index contributed by atoms with van der Waals surface area (Å²) in [4.78, 5) is 23.3. The molecule has 5 nitrogen and oxygen atoms in total. The van der Waals surface area contributed by atoms with Gasteiger partial charge in [0.05, 0.1) is 6.61 Å². The first kappa shape index (κ1) is 36.9. The van der Waals surface area contributed by atoms with Gasteiger partial charge >= 0.3 is 11.9 Å². The van der Waals surface area contributed by atoms with E-state index in [-0.39, 0.29) is 25.2 Å². The van der Waals surface area contributed by atoms with Gasteiger partial charge in [-0.05, 0) is 12.8 Å². The molecule has 5 heteroatoms. The first-order valence-electron chi connectivity index (χ1n) is 16.6. The van der Waals surface area contributed by atoms with Gasteiger partial charge in [-0.3, -0.25) is 9.59 Å². The molecule has 0 saturated heterocycles. The van der Waals surface area contributed by atoms with Crippen molar-refractivity contribution < 1.29 is 24.2 Å². The Morgan fingerprint density at radius 1 is 0.500 bits per heavy atom. The van der Waals surface area contributed by atoms with E-state index in [4.69, 9.17) is 9.47 Å². The van der Waals surface area contributed by atoms with Crippen LogP contribution in [0.25, 0.3) is 0 Å². The van der Waals surface area contributed by atoms with Crippen molar-refractivity contribution in [2.75, 3.05) is 13.2 Å². The summed E-state index contributed by atoms with van der Waals surface area (Å²) >= 11 is 0. The van der Waals surface area contributed by atoms with E-state index < -0.39 is 6.10 Å². The average Bonchev–Trinajstić information content (AvgIpc) is 2.91. The molecule has 0 fully saturated rings. The minimum absolute atomic E-state index is 0.0690. The van der Waals surface area contributed by atoms with Crippen LogP contribution in [0.5, 0.6) is 0 Å². The fourth-order valence-corrected chi connectivity index (χ4v) is 4.89. The summed E-state index contributed by atoms with van der Waals surface area (Å²) in [5.74, 6) is -0.643. The lowest BCUT2D eigenvalue weighted by Gasteiger charge is -2.15. The molecule has 0 bridgehead atoms. The van der Waals surface area contributed by atoms with Gasteiger partial charge < -0.3 is 14.6 Å². The van der Waals surface area contributed by atoms with Crippen molar-refractivity contribution in [2.24, 2.45) is 0 Å². The molecule has 0 aromatic rings. The van der Waals surface area contributed by atoms with Gasteiger partial charge in [0.2, 0.25) is 0 Å². The zero-order chi connectivity index (χ0) is 27.9. The van der Waals surface area contributed by atoms with E-state index in [1.54, 1.807) is 0 Å². The van der Waals surface area contributed by atoms with Gasteiger partial charge in [-0.15, -0.1) is 0 Å². The Hall–Kier alpha value is -1.10. The fourth-order valence-electron chi connectivity index (χ4n) is 4.89. The van der Waals surface area contributed by atoms with Crippen molar-refractivity contribution in [3.63, 3.8) is 0 Å². The summed E-state index contributed by atoms with van der Waals surface area (Å²) in [6.45, 7) is 3.78. The number of aliphatic hydroxyl groups is 1. The molecule has 0 aliphatic rings. The number of carbonyl (C=O) groups excluding carboxylic acids is 2. The number of ether oxygens (including phenoxy) is 2. The normalized spacial score (nSPS) is 12.0. The standard InChI is InChI=1S/C33H64O5/c1-3-5-6-7-8-9-10-11-12-13-14-15-16-17-18-19-20-21-22-23-24-25-26-28-33(36)38-31(29-34)30-37-32(35)27-4-2/h31,34H,3-30H2,1-2H3. The number of hydrogen-bond acceptors (Lipinski definition) is 5. The van der Waals surface area contributed by atoms with Crippen molar-refractivity contribution in [3.05, 3.63) is 0 Å². The number of esters is 2. The van der Waals surface area contributed by atoms with Crippen LogP contribution in [0.3, 0.4) is 0 Å². The maximum atomic E-state index is 11.9. The maximum Gasteiger partial charge on any atom is 0.306 e. The van der Waals surface area contributed by atoms with Crippen molar-refractivity contribution in [2.45, 2.75) is 187 Å². The third-order valence-corrected chi connectivity index (χ3v) is 7.37. The lowest BCUT2D eigenvalue weighted by molar-refractivity contribution is -0.161. The lowest BCUT2D eigenvalue weighted by atomic mass is 10.0. The Morgan fingerprint density at radius 2 is 0.868 bits per heavy atom. The summed E-state index contributed by atoms with van der Waals surface area (Å²) in [7, 11) is 0. The number of aliphatic hydroxyl groups excluding tert-OH is 1. The van der Waals surface area contributed by atoms with Crippen molar-refractivity contribution in [3.8, 4) is 0 Å². The van der Waals surface area contributed by atoms with E-state index in [0.717, 1.165) is 19.3 Å². The van der Waals surface area contributed by atoms with E-state index in [0.29, 0.717) is 19.3 Å². The second-order valence-corrected chi connectivity index (χ2v) is 11.3. The molecule has 1 N–H and O–H groups in total. The third-order valence-electron chi connectivity index (χ3n) is 7.37. The first-order valence-corrected chi connectivity index (χ1v) is 16.6. The van der Waals surface area contributed by atoms with E-state index in [2.05, 4.69) is 6.92 Å². The van der Waals surface area contributed by atoms with Crippen molar-refractivity contribution in [1.82, 2.24) is 0 Å². The molecule has 0 amide bonds. The molecule has 0 saturated carbocycles. The van der Waals surface area contributed by atoms with Crippen LogP contribution in [0, 0.1) is 0 Å². The van der Waals surface area contributed by atoms with Crippen LogP contribution in [0.4, 0.5) is 0 Å². The molecular formula is C33H64O5. The molecule has 0 aliphatic heterocycles. The summed E-state index contributed by atoms with van der Waals surface area (Å²) < 4.78 is 10.2. The third kappa shape index (κ3) is 27.9. The monoisotopic (exact) mass is 540 g/mol. The summed E-state index contributed by atoms with van der Waals surface area (Å²) in [5, 5.41) is 9.31. The SMILES string of the molecule is CCCCCCCCCCCCCCCCCCCCCCCCCC(=O)OC(CO)COC(=O)CCC. The Labute approximate surface area is 236 Å². The summed E-state index contributed by atoms with van der Waals surface area (Å²) in [6.07, 6.45) is 31.7. The molecule has 0 aliphatic carbocycles. The number of rotatable bonds is 30. The van der Waals surface area contributed by atoms with Crippen LogP contribution in [0.2, 0.25) is 0 Å². The van der Waals surface area contributed by atoms with Crippen LogP contribution in [0.1, 0.15) is 181 Å². The van der Waals surface area contributed by atoms with Crippen LogP contribution < -0.4 is 0 Å². The molecule has 38 heavy (non-hydrogen) atoms. The molecule has 0 aromatic carbocycles. The van der Waals surface area contributed by atoms with Crippen LogP contribution in [-0.2, 0) is 19.1 Å². The van der Waals surface area contributed by atoms with Crippen LogP contribution in [0.15, 0.2) is 0 Å². The number of hydrogen-bond donors (Lipinski definition) is 1. The molecule has 226 valence electrons. The number of carbonyl (C=O) groups is 2. The molecule has 0 heterocycles. The Bertz CT molecular complexity index is 508. The quantitative estimate of drug-likeness (QED) is 0.0725. The summed E-state index contributed by atoms with van der Waals surface area (Å²) in [5.41, 5.74) is 0. The number of unbranched alkanes of at least 4 members (excludes halogenated alkanes) is 22. The molecule has 0 aromatic heterocycles. The molecule has 0 radical (unpaired) electrons. The Kier molecular flexibility index (Phi) is 29.6. The lowest BCUT2D eigenvalue weighted by Crippen LogP contribution is -2.28. The van der Waals surface area contributed by atoms with Crippen LogP contribution in [-0.4, -0.2) is 36.4 Å².